The molecule has 0 amide bonds. The minimum absolute atomic E-state index is 0.0789. The van der Waals surface area contributed by atoms with E-state index in [9.17, 15) is 4.39 Å². The largest absolute Gasteiger partial charge is 0.496 e. The second-order valence-corrected chi connectivity index (χ2v) is 4.78. The summed E-state index contributed by atoms with van der Waals surface area (Å²) in [6, 6.07) is 10.4. The van der Waals surface area contributed by atoms with E-state index in [1.807, 2.05) is 32.2 Å². The van der Waals surface area contributed by atoms with Crippen molar-refractivity contribution >= 4 is 0 Å². The smallest absolute Gasteiger partial charge is 0.130 e. The van der Waals surface area contributed by atoms with Crippen LogP contribution in [0.2, 0.25) is 0 Å². The first kappa shape index (κ1) is 15.3. The van der Waals surface area contributed by atoms with Gasteiger partial charge in [0.1, 0.15) is 17.3 Å². The molecule has 0 aliphatic heterocycles. The molecule has 21 heavy (non-hydrogen) atoms. The summed E-state index contributed by atoms with van der Waals surface area (Å²) in [5.74, 6) is 1.03. The van der Waals surface area contributed by atoms with Crippen LogP contribution in [0.25, 0.3) is 11.1 Å². The predicted octanol–water partition coefficient (Wildman–Crippen LogP) is 3.79. The van der Waals surface area contributed by atoms with Gasteiger partial charge in [-0.1, -0.05) is 12.1 Å². The zero-order valence-electron chi connectivity index (χ0n) is 12.7. The van der Waals surface area contributed by atoms with Crippen LogP contribution in [0.1, 0.15) is 18.5 Å². The van der Waals surface area contributed by atoms with Crippen molar-refractivity contribution in [1.82, 2.24) is 5.32 Å². The highest BCUT2D eigenvalue weighted by molar-refractivity contribution is 5.79. The van der Waals surface area contributed by atoms with Crippen molar-refractivity contribution < 1.29 is 13.9 Å². The summed E-state index contributed by atoms with van der Waals surface area (Å²) in [6.45, 7) is 2.03. The fourth-order valence-corrected chi connectivity index (χ4v) is 2.39. The van der Waals surface area contributed by atoms with Crippen molar-refractivity contribution in [2.24, 2.45) is 0 Å². The van der Waals surface area contributed by atoms with E-state index in [-0.39, 0.29) is 11.9 Å². The standard InChI is InChI=1S/C17H20FNO2/c1-11(19-2)13-9-8-12(18)10-14(13)17-15(20-3)6-5-7-16(17)21-4/h5-11,19H,1-4H3. The Morgan fingerprint density at radius 1 is 1.05 bits per heavy atom. The normalized spacial score (nSPS) is 12.0. The molecule has 1 unspecified atom stereocenters. The summed E-state index contributed by atoms with van der Waals surface area (Å²) in [5.41, 5.74) is 2.52. The maximum absolute atomic E-state index is 13.8. The van der Waals surface area contributed by atoms with Crippen molar-refractivity contribution in [2.45, 2.75) is 13.0 Å². The zero-order chi connectivity index (χ0) is 15.4. The molecule has 1 N–H and O–H groups in total. The van der Waals surface area contributed by atoms with Crippen LogP contribution in [-0.4, -0.2) is 21.3 Å². The molecule has 0 radical (unpaired) electrons. The number of nitrogens with one attached hydrogen (secondary N) is 1. The highest BCUT2D eigenvalue weighted by Gasteiger charge is 2.18. The summed E-state index contributed by atoms with van der Waals surface area (Å²) in [6.07, 6.45) is 0. The molecule has 0 saturated heterocycles. The van der Waals surface area contributed by atoms with Gasteiger partial charge < -0.3 is 14.8 Å². The maximum Gasteiger partial charge on any atom is 0.130 e. The average molecular weight is 289 g/mol. The molecule has 0 aliphatic rings. The van der Waals surface area contributed by atoms with Crippen LogP contribution in [0.3, 0.4) is 0 Å². The van der Waals surface area contributed by atoms with E-state index in [1.54, 1.807) is 20.3 Å². The third kappa shape index (κ3) is 3.00. The molecule has 0 spiro atoms. The molecule has 0 fully saturated rings. The number of hydrogen-bond acceptors (Lipinski definition) is 3. The van der Waals surface area contributed by atoms with Crippen LogP contribution >= 0.6 is 0 Å². The van der Waals surface area contributed by atoms with Crippen LogP contribution in [-0.2, 0) is 0 Å². The minimum atomic E-state index is -0.287. The van der Waals surface area contributed by atoms with Crippen molar-refractivity contribution in [2.75, 3.05) is 21.3 Å². The molecule has 2 rings (SSSR count). The molecule has 0 heterocycles. The molecule has 2 aromatic carbocycles. The van der Waals surface area contributed by atoms with Gasteiger partial charge in [-0.15, -0.1) is 0 Å². The summed E-state index contributed by atoms with van der Waals surface area (Å²) in [7, 11) is 5.06. The average Bonchev–Trinajstić information content (AvgIpc) is 2.53. The molecule has 4 heteroatoms. The second-order valence-electron chi connectivity index (χ2n) is 4.78. The highest BCUT2D eigenvalue weighted by Crippen LogP contribution is 2.41. The Morgan fingerprint density at radius 2 is 1.67 bits per heavy atom. The highest BCUT2D eigenvalue weighted by atomic mass is 19.1. The number of ether oxygens (including phenoxy) is 2. The molecule has 0 bridgehead atoms. The fraction of sp³-hybridized carbons (Fsp3) is 0.294. The van der Waals surface area contributed by atoms with Crippen molar-refractivity contribution in [1.29, 1.82) is 0 Å². The predicted molar refractivity (Wildman–Crippen MR) is 82.4 cm³/mol. The first-order chi connectivity index (χ1) is 10.1. The molecular weight excluding hydrogens is 269 g/mol. The van der Waals surface area contributed by atoms with E-state index < -0.39 is 0 Å². The summed E-state index contributed by atoms with van der Waals surface area (Å²) < 4.78 is 24.6. The number of hydrogen-bond donors (Lipinski definition) is 1. The summed E-state index contributed by atoms with van der Waals surface area (Å²) in [4.78, 5) is 0. The van der Waals surface area contributed by atoms with E-state index in [2.05, 4.69) is 5.32 Å². The Labute approximate surface area is 124 Å². The van der Waals surface area contributed by atoms with Gasteiger partial charge in [-0.05, 0) is 49.4 Å². The van der Waals surface area contributed by atoms with Gasteiger partial charge in [0.25, 0.3) is 0 Å². The first-order valence-electron chi connectivity index (χ1n) is 6.80. The van der Waals surface area contributed by atoms with E-state index in [4.69, 9.17) is 9.47 Å². The number of halogens is 1. The first-order valence-corrected chi connectivity index (χ1v) is 6.80. The lowest BCUT2D eigenvalue weighted by Gasteiger charge is -2.19. The lowest BCUT2D eigenvalue weighted by molar-refractivity contribution is 0.397. The monoisotopic (exact) mass is 289 g/mol. The van der Waals surface area contributed by atoms with E-state index in [0.29, 0.717) is 11.5 Å². The summed E-state index contributed by atoms with van der Waals surface area (Å²) in [5, 5.41) is 3.18. The molecule has 0 aromatic heterocycles. The molecule has 1 atom stereocenters. The Hall–Kier alpha value is -2.07. The Morgan fingerprint density at radius 3 is 2.19 bits per heavy atom. The van der Waals surface area contributed by atoms with Gasteiger partial charge >= 0.3 is 0 Å². The Kier molecular flexibility index (Phi) is 4.81. The van der Waals surface area contributed by atoms with E-state index >= 15 is 0 Å². The Bertz CT molecular complexity index is 606. The third-order valence-electron chi connectivity index (χ3n) is 3.61. The number of methoxy groups -OCH3 is 2. The molecule has 0 aliphatic carbocycles. The zero-order valence-corrected chi connectivity index (χ0v) is 12.7. The van der Waals surface area contributed by atoms with Crippen LogP contribution in [0, 0.1) is 5.82 Å². The molecule has 2 aromatic rings. The van der Waals surface area contributed by atoms with Crippen LogP contribution in [0.4, 0.5) is 4.39 Å². The molecule has 0 saturated carbocycles. The lowest BCUT2D eigenvalue weighted by atomic mass is 9.94. The topological polar surface area (TPSA) is 30.5 Å². The molecule has 3 nitrogen and oxygen atoms in total. The fourth-order valence-electron chi connectivity index (χ4n) is 2.39. The van der Waals surface area contributed by atoms with Gasteiger partial charge in [0.15, 0.2) is 0 Å². The molecular formula is C17H20FNO2. The number of benzene rings is 2. The SMILES string of the molecule is CNC(C)c1ccc(F)cc1-c1c(OC)cccc1OC. The third-order valence-corrected chi connectivity index (χ3v) is 3.61. The lowest BCUT2D eigenvalue weighted by Crippen LogP contribution is -2.13. The molecule has 112 valence electrons. The Balaban J connectivity index is 2.74. The summed E-state index contributed by atoms with van der Waals surface area (Å²) >= 11 is 0. The van der Waals surface area contributed by atoms with Crippen LogP contribution in [0.5, 0.6) is 11.5 Å². The van der Waals surface area contributed by atoms with Crippen molar-refractivity contribution in [3.63, 3.8) is 0 Å². The second kappa shape index (κ2) is 6.59. The minimum Gasteiger partial charge on any atom is -0.496 e. The van der Waals surface area contributed by atoms with Crippen LogP contribution in [0.15, 0.2) is 36.4 Å². The van der Waals surface area contributed by atoms with Gasteiger partial charge in [0.05, 0.1) is 19.8 Å². The van der Waals surface area contributed by atoms with Crippen molar-refractivity contribution in [3.8, 4) is 22.6 Å². The maximum atomic E-state index is 13.8. The van der Waals surface area contributed by atoms with Gasteiger partial charge in [-0.25, -0.2) is 4.39 Å². The quantitative estimate of drug-likeness (QED) is 0.908. The van der Waals surface area contributed by atoms with Gasteiger partial charge in [-0.2, -0.15) is 0 Å². The van der Waals surface area contributed by atoms with Gasteiger partial charge in [-0.3, -0.25) is 0 Å². The van der Waals surface area contributed by atoms with Crippen LogP contribution < -0.4 is 14.8 Å². The van der Waals surface area contributed by atoms with E-state index in [0.717, 1.165) is 16.7 Å². The van der Waals surface area contributed by atoms with Crippen molar-refractivity contribution in [3.05, 3.63) is 47.8 Å². The van der Waals surface area contributed by atoms with E-state index in [1.165, 1.54) is 12.1 Å². The van der Waals surface area contributed by atoms with Gasteiger partial charge in [0, 0.05) is 6.04 Å². The number of rotatable bonds is 5. The van der Waals surface area contributed by atoms with Gasteiger partial charge in [0.2, 0.25) is 0 Å².